The van der Waals surface area contributed by atoms with Crippen molar-refractivity contribution in [3.8, 4) is 0 Å². The zero-order chi connectivity index (χ0) is 14.7. The maximum Gasteiger partial charge on any atom is 0.212 e. The van der Waals surface area contributed by atoms with Crippen LogP contribution in [0.15, 0.2) is 28.9 Å². The molecule has 0 aliphatic carbocycles. The lowest BCUT2D eigenvalue weighted by atomic mass is 10.1. The summed E-state index contributed by atoms with van der Waals surface area (Å²) in [5, 5.41) is 4.07. The van der Waals surface area contributed by atoms with Crippen LogP contribution in [0.4, 0.5) is 4.39 Å². The van der Waals surface area contributed by atoms with Gasteiger partial charge in [-0.2, -0.15) is 5.10 Å². The summed E-state index contributed by atoms with van der Waals surface area (Å²) in [6.45, 7) is 0.850. The second kappa shape index (κ2) is 6.47. The van der Waals surface area contributed by atoms with Crippen LogP contribution < -0.4 is 0 Å². The third-order valence-electron chi connectivity index (χ3n) is 2.70. The predicted molar refractivity (Wildman–Crippen MR) is 76.6 cm³/mol. The molecule has 20 heavy (non-hydrogen) atoms. The Morgan fingerprint density at radius 3 is 2.95 bits per heavy atom. The normalized spacial score (nSPS) is 10.8. The van der Waals surface area contributed by atoms with Crippen molar-refractivity contribution in [3.63, 3.8) is 0 Å². The molecule has 0 fully saturated rings. The molecule has 4 nitrogen and oxygen atoms in total. The van der Waals surface area contributed by atoms with Crippen molar-refractivity contribution in [2.45, 2.75) is 6.54 Å². The molecule has 0 amide bonds. The summed E-state index contributed by atoms with van der Waals surface area (Å²) in [6.07, 6.45) is 1.52. The van der Waals surface area contributed by atoms with Crippen LogP contribution in [0.1, 0.15) is 16.1 Å². The summed E-state index contributed by atoms with van der Waals surface area (Å²) in [5.41, 5.74) is 0.565. The van der Waals surface area contributed by atoms with Crippen LogP contribution in [-0.4, -0.2) is 29.3 Å². The number of ether oxygens (including phenoxy) is 1. The van der Waals surface area contributed by atoms with Gasteiger partial charge < -0.3 is 4.74 Å². The van der Waals surface area contributed by atoms with E-state index in [9.17, 15) is 9.18 Å². The van der Waals surface area contributed by atoms with E-state index in [4.69, 9.17) is 16.3 Å². The number of rotatable bonds is 5. The first-order valence-corrected chi connectivity index (χ1v) is 6.91. The Bertz CT molecular complexity index is 645. The number of ketones is 1. The van der Waals surface area contributed by atoms with Gasteiger partial charge in [0.1, 0.15) is 11.5 Å². The SMILES string of the molecule is COCCn1ncc(Br)c1C(=O)c1ccc(Cl)c(F)c1. The second-order valence-electron chi connectivity index (χ2n) is 4.02. The number of methoxy groups -OCH3 is 1. The number of benzene rings is 1. The van der Waals surface area contributed by atoms with Gasteiger partial charge in [0.2, 0.25) is 5.78 Å². The van der Waals surface area contributed by atoms with Gasteiger partial charge in [-0.1, -0.05) is 11.6 Å². The highest BCUT2D eigenvalue weighted by Gasteiger charge is 2.19. The predicted octanol–water partition coefficient (Wildman–Crippen LogP) is 3.32. The topological polar surface area (TPSA) is 44.1 Å². The van der Waals surface area contributed by atoms with E-state index < -0.39 is 5.82 Å². The fourth-order valence-corrected chi connectivity index (χ4v) is 2.30. The molecule has 7 heteroatoms. The summed E-state index contributed by atoms with van der Waals surface area (Å²) >= 11 is 8.89. The smallest absolute Gasteiger partial charge is 0.212 e. The van der Waals surface area contributed by atoms with Crippen LogP contribution in [0.3, 0.4) is 0 Å². The molecule has 0 atom stereocenters. The Morgan fingerprint density at radius 2 is 2.30 bits per heavy atom. The van der Waals surface area contributed by atoms with E-state index in [-0.39, 0.29) is 16.4 Å². The highest BCUT2D eigenvalue weighted by molar-refractivity contribution is 9.10. The summed E-state index contributed by atoms with van der Waals surface area (Å²) in [6, 6.07) is 3.95. The first kappa shape index (κ1) is 15.2. The summed E-state index contributed by atoms with van der Waals surface area (Å²) in [5.74, 6) is -0.961. The van der Waals surface area contributed by atoms with Crippen molar-refractivity contribution < 1.29 is 13.9 Å². The van der Waals surface area contributed by atoms with Gasteiger partial charge in [-0.25, -0.2) is 4.39 Å². The molecule has 0 N–H and O–H groups in total. The number of carbonyl (C=O) groups is 1. The zero-order valence-electron chi connectivity index (χ0n) is 10.6. The molecule has 0 unspecified atom stereocenters. The van der Waals surface area contributed by atoms with Crippen LogP contribution in [0.2, 0.25) is 5.02 Å². The summed E-state index contributed by atoms with van der Waals surface area (Å²) in [4.78, 5) is 12.4. The summed E-state index contributed by atoms with van der Waals surface area (Å²) in [7, 11) is 1.56. The van der Waals surface area contributed by atoms with E-state index in [1.54, 1.807) is 7.11 Å². The first-order chi connectivity index (χ1) is 9.54. The van der Waals surface area contributed by atoms with Crippen LogP contribution in [0.25, 0.3) is 0 Å². The standard InChI is InChI=1S/C13H11BrClFN2O2/c1-20-5-4-18-12(9(14)7-17-18)13(19)8-2-3-10(15)11(16)6-8/h2-3,6-7H,4-5H2,1H3. The van der Waals surface area contributed by atoms with Gasteiger partial charge in [-0.15, -0.1) is 0 Å². The number of nitrogens with zero attached hydrogens (tertiary/aromatic N) is 2. The molecule has 0 saturated carbocycles. The molecule has 0 bridgehead atoms. The van der Waals surface area contributed by atoms with E-state index in [2.05, 4.69) is 21.0 Å². The molecule has 0 radical (unpaired) electrons. The fraction of sp³-hybridized carbons (Fsp3) is 0.231. The van der Waals surface area contributed by atoms with E-state index in [0.29, 0.717) is 23.3 Å². The van der Waals surface area contributed by atoms with Crippen molar-refractivity contribution in [3.05, 3.63) is 51.0 Å². The average Bonchev–Trinajstić information content (AvgIpc) is 2.80. The molecule has 1 aromatic heterocycles. The van der Waals surface area contributed by atoms with Gasteiger partial charge in [0.05, 0.1) is 28.8 Å². The molecule has 2 aromatic rings. The van der Waals surface area contributed by atoms with E-state index in [0.717, 1.165) is 6.07 Å². The lowest BCUT2D eigenvalue weighted by Gasteiger charge is -2.07. The molecule has 1 heterocycles. The van der Waals surface area contributed by atoms with Gasteiger partial charge in [0, 0.05) is 12.7 Å². The maximum absolute atomic E-state index is 13.4. The minimum Gasteiger partial charge on any atom is -0.383 e. The van der Waals surface area contributed by atoms with Crippen LogP contribution >= 0.6 is 27.5 Å². The minimum atomic E-state index is -0.628. The second-order valence-corrected chi connectivity index (χ2v) is 5.28. The van der Waals surface area contributed by atoms with E-state index >= 15 is 0 Å². The molecular weight excluding hydrogens is 351 g/mol. The molecule has 1 aromatic carbocycles. The van der Waals surface area contributed by atoms with Crippen molar-refractivity contribution in [2.75, 3.05) is 13.7 Å². The lowest BCUT2D eigenvalue weighted by molar-refractivity contribution is 0.102. The third kappa shape index (κ3) is 3.08. The van der Waals surface area contributed by atoms with Crippen molar-refractivity contribution >= 4 is 33.3 Å². The molecular formula is C13H11BrClFN2O2. The fourth-order valence-electron chi connectivity index (χ4n) is 1.71. The van der Waals surface area contributed by atoms with Gasteiger partial charge in [-0.3, -0.25) is 9.48 Å². The monoisotopic (exact) mass is 360 g/mol. The number of halogens is 3. The van der Waals surface area contributed by atoms with Crippen molar-refractivity contribution in [2.24, 2.45) is 0 Å². The maximum atomic E-state index is 13.4. The van der Waals surface area contributed by atoms with Crippen LogP contribution in [0, 0.1) is 5.82 Å². The molecule has 106 valence electrons. The number of hydrogen-bond donors (Lipinski definition) is 0. The highest BCUT2D eigenvalue weighted by atomic mass is 79.9. The average molecular weight is 362 g/mol. The minimum absolute atomic E-state index is 0.0199. The Balaban J connectivity index is 2.37. The Kier molecular flexibility index (Phi) is 4.91. The molecule has 0 aliphatic rings. The largest absolute Gasteiger partial charge is 0.383 e. The van der Waals surface area contributed by atoms with Crippen LogP contribution in [-0.2, 0) is 11.3 Å². The van der Waals surface area contributed by atoms with Crippen molar-refractivity contribution in [1.29, 1.82) is 0 Å². The molecule has 0 aliphatic heterocycles. The van der Waals surface area contributed by atoms with Gasteiger partial charge >= 0.3 is 0 Å². The lowest BCUT2D eigenvalue weighted by Crippen LogP contribution is -2.15. The molecule has 0 spiro atoms. The van der Waals surface area contributed by atoms with Gasteiger partial charge in [-0.05, 0) is 34.1 Å². The molecule has 0 saturated heterocycles. The van der Waals surface area contributed by atoms with Crippen molar-refractivity contribution in [1.82, 2.24) is 9.78 Å². The molecule has 2 rings (SSSR count). The van der Waals surface area contributed by atoms with E-state index in [1.165, 1.54) is 23.0 Å². The first-order valence-electron chi connectivity index (χ1n) is 5.74. The Hall–Kier alpha value is -1.24. The number of aromatic nitrogens is 2. The number of carbonyl (C=O) groups excluding carboxylic acids is 1. The Labute approximate surface area is 128 Å². The summed E-state index contributed by atoms with van der Waals surface area (Å²) < 4.78 is 20.5. The third-order valence-corrected chi connectivity index (χ3v) is 3.59. The Morgan fingerprint density at radius 1 is 1.55 bits per heavy atom. The van der Waals surface area contributed by atoms with Crippen LogP contribution in [0.5, 0.6) is 0 Å². The quantitative estimate of drug-likeness (QED) is 0.768. The van der Waals surface area contributed by atoms with E-state index in [1.807, 2.05) is 0 Å². The van der Waals surface area contributed by atoms with Gasteiger partial charge in [0.15, 0.2) is 0 Å². The zero-order valence-corrected chi connectivity index (χ0v) is 12.9. The number of hydrogen-bond acceptors (Lipinski definition) is 3. The van der Waals surface area contributed by atoms with Gasteiger partial charge in [0.25, 0.3) is 0 Å². The highest BCUT2D eigenvalue weighted by Crippen LogP contribution is 2.22.